The highest BCUT2D eigenvalue weighted by Gasteiger charge is 2.16. The van der Waals surface area contributed by atoms with Crippen LogP contribution < -0.4 is 14.8 Å². The molecule has 4 nitrogen and oxygen atoms in total. The van der Waals surface area contributed by atoms with E-state index in [0.717, 1.165) is 18.4 Å². The lowest BCUT2D eigenvalue weighted by Gasteiger charge is -2.20. The number of aryl methyl sites for hydroxylation is 1. The van der Waals surface area contributed by atoms with Crippen LogP contribution in [0.25, 0.3) is 0 Å². The van der Waals surface area contributed by atoms with Gasteiger partial charge in [-0.25, -0.2) is 0 Å². The second kappa shape index (κ2) is 9.74. The molecule has 0 spiro atoms. The molecule has 2 aromatic rings. The summed E-state index contributed by atoms with van der Waals surface area (Å²) >= 11 is 7.79. The van der Waals surface area contributed by atoms with Crippen molar-refractivity contribution in [1.29, 1.82) is 0 Å². The van der Waals surface area contributed by atoms with Gasteiger partial charge >= 0.3 is 0 Å². The Bertz CT molecular complexity index is 739. The number of thioether (sulfide) groups is 1. The van der Waals surface area contributed by atoms with Gasteiger partial charge in [0.15, 0.2) is 11.5 Å². The Balaban J connectivity index is 1.35. The van der Waals surface area contributed by atoms with Crippen LogP contribution in [0.15, 0.2) is 42.5 Å². The quantitative estimate of drug-likeness (QED) is 0.688. The number of carbonyl (C=O) groups is 1. The third-order valence-electron chi connectivity index (χ3n) is 3.97. The summed E-state index contributed by atoms with van der Waals surface area (Å²) < 4.78 is 11.1. The number of rotatable bonds is 8. The average Bonchev–Trinajstić information content (AvgIpc) is 2.66. The predicted octanol–water partition coefficient (Wildman–Crippen LogP) is 4.09. The van der Waals surface area contributed by atoms with Gasteiger partial charge in [-0.2, -0.15) is 0 Å². The molecule has 0 unspecified atom stereocenters. The van der Waals surface area contributed by atoms with Gasteiger partial charge in [0.25, 0.3) is 0 Å². The molecule has 138 valence electrons. The summed E-state index contributed by atoms with van der Waals surface area (Å²) in [6.07, 6.45) is 1.92. The molecule has 1 N–H and O–H groups in total. The monoisotopic (exact) mass is 391 g/mol. The highest BCUT2D eigenvalue weighted by atomic mass is 35.5. The van der Waals surface area contributed by atoms with Crippen LogP contribution in [0.1, 0.15) is 17.5 Å². The van der Waals surface area contributed by atoms with Crippen molar-refractivity contribution in [3.05, 3.63) is 58.6 Å². The Kier molecular flexibility index (Phi) is 7.09. The smallest absolute Gasteiger partial charge is 0.230 e. The van der Waals surface area contributed by atoms with Gasteiger partial charge in [0.1, 0.15) is 13.2 Å². The zero-order chi connectivity index (χ0) is 18.2. The summed E-state index contributed by atoms with van der Waals surface area (Å²) in [6, 6.07) is 14.1. The topological polar surface area (TPSA) is 47.6 Å². The Hall–Kier alpha value is -1.85. The van der Waals surface area contributed by atoms with E-state index in [9.17, 15) is 4.79 Å². The molecule has 0 fully saturated rings. The standard InChI is InChI=1S/C20H22ClNO3S/c21-17-11-16(12-18-20(17)25-10-9-24-18)13-26-14-19(23)22-8-4-7-15-5-2-1-3-6-15/h1-3,5-6,11-12H,4,7-10,13-14H2,(H,22,23). The fourth-order valence-corrected chi connectivity index (χ4v) is 3.80. The molecule has 2 aromatic carbocycles. The van der Waals surface area contributed by atoms with Crippen LogP contribution in [0, 0.1) is 0 Å². The van der Waals surface area contributed by atoms with E-state index in [4.69, 9.17) is 21.1 Å². The number of fused-ring (bicyclic) bond motifs is 1. The minimum absolute atomic E-state index is 0.0618. The summed E-state index contributed by atoms with van der Waals surface area (Å²) in [4.78, 5) is 11.9. The third-order valence-corrected chi connectivity index (χ3v) is 5.25. The van der Waals surface area contributed by atoms with Crippen molar-refractivity contribution in [2.24, 2.45) is 0 Å². The van der Waals surface area contributed by atoms with Crippen LogP contribution in [0.3, 0.4) is 0 Å². The summed E-state index contributed by atoms with van der Waals surface area (Å²) in [5.41, 5.74) is 2.33. The lowest BCUT2D eigenvalue weighted by molar-refractivity contribution is -0.118. The average molecular weight is 392 g/mol. The van der Waals surface area contributed by atoms with Gasteiger partial charge < -0.3 is 14.8 Å². The number of ether oxygens (including phenoxy) is 2. The molecule has 1 aliphatic heterocycles. The zero-order valence-corrected chi connectivity index (χ0v) is 16.1. The van der Waals surface area contributed by atoms with E-state index in [1.807, 2.05) is 30.3 Å². The number of halogens is 1. The van der Waals surface area contributed by atoms with Gasteiger partial charge in [0.05, 0.1) is 10.8 Å². The van der Waals surface area contributed by atoms with Gasteiger partial charge in [-0.3, -0.25) is 4.79 Å². The fourth-order valence-electron chi connectivity index (χ4n) is 2.73. The molecule has 0 bridgehead atoms. The maximum atomic E-state index is 11.9. The van der Waals surface area contributed by atoms with Gasteiger partial charge in [-0.15, -0.1) is 11.8 Å². The molecule has 0 radical (unpaired) electrons. The molecular weight excluding hydrogens is 370 g/mol. The van der Waals surface area contributed by atoms with E-state index < -0.39 is 0 Å². The lowest BCUT2D eigenvalue weighted by Crippen LogP contribution is -2.26. The van der Waals surface area contributed by atoms with E-state index >= 15 is 0 Å². The molecule has 0 aromatic heterocycles. The first-order valence-corrected chi connectivity index (χ1v) is 10.2. The molecule has 1 heterocycles. The molecule has 3 rings (SSSR count). The van der Waals surface area contributed by atoms with Crippen LogP contribution in [0.4, 0.5) is 0 Å². The van der Waals surface area contributed by atoms with Gasteiger partial charge in [0.2, 0.25) is 5.91 Å². The summed E-state index contributed by atoms with van der Waals surface area (Å²) in [6.45, 7) is 1.75. The van der Waals surface area contributed by atoms with Crippen LogP contribution in [0.5, 0.6) is 11.5 Å². The number of amides is 1. The molecule has 0 aliphatic carbocycles. The Morgan fingerprint density at radius 1 is 1.12 bits per heavy atom. The second-order valence-corrected chi connectivity index (χ2v) is 7.43. The van der Waals surface area contributed by atoms with Crippen LogP contribution in [0.2, 0.25) is 5.02 Å². The first kappa shape index (κ1) is 18.9. The van der Waals surface area contributed by atoms with Crippen molar-refractivity contribution in [2.75, 3.05) is 25.5 Å². The molecule has 0 saturated carbocycles. The Labute approximate surface area is 163 Å². The van der Waals surface area contributed by atoms with E-state index in [1.165, 1.54) is 5.56 Å². The predicted molar refractivity (Wildman–Crippen MR) is 106 cm³/mol. The Morgan fingerprint density at radius 2 is 1.92 bits per heavy atom. The number of hydrogen-bond donors (Lipinski definition) is 1. The minimum Gasteiger partial charge on any atom is -0.486 e. The fraction of sp³-hybridized carbons (Fsp3) is 0.350. The first-order valence-electron chi connectivity index (χ1n) is 8.69. The number of hydrogen-bond acceptors (Lipinski definition) is 4. The normalized spacial score (nSPS) is 12.7. The van der Waals surface area contributed by atoms with Gasteiger partial charge in [-0.1, -0.05) is 41.9 Å². The molecule has 0 saturated heterocycles. The van der Waals surface area contributed by atoms with Gasteiger partial charge in [-0.05, 0) is 36.1 Å². The van der Waals surface area contributed by atoms with Crippen molar-refractivity contribution in [3.63, 3.8) is 0 Å². The van der Waals surface area contributed by atoms with E-state index in [0.29, 0.717) is 47.8 Å². The molecule has 26 heavy (non-hydrogen) atoms. The molecule has 0 atom stereocenters. The van der Waals surface area contributed by atoms with Crippen molar-refractivity contribution < 1.29 is 14.3 Å². The summed E-state index contributed by atoms with van der Waals surface area (Å²) in [5.74, 6) is 2.49. The highest BCUT2D eigenvalue weighted by Crippen LogP contribution is 2.39. The van der Waals surface area contributed by atoms with Crippen molar-refractivity contribution >= 4 is 29.3 Å². The third kappa shape index (κ3) is 5.58. The lowest BCUT2D eigenvalue weighted by atomic mass is 10.1. The second-order valence-electron chi connectivity index (χ2n) is 6.03. The van der Waals surface area contributed by atoms with Gasteiger partial charge in [0, 0.05) is 12.3 Å². The maximum Gasteiger partial charge on any atom is 0.230 e. The van der Waals surface area contributed by atoms with E-state index in [-0.39, 0.29) is 5.91 Å². The highest BCUT2D eigenvalue weighted by molar-refractivity contribution is 7.99. The number of carbonyl (C=O) groups excluding carboxylic acids is 1. The van der Waals surface area contributed by atoms with Crippen molar-refractivity contribution in [2.45, 2.75) is 18.6 Å². The summed E-state index contributed by atoms with van der Waals surface area (Å²) in [5, 5.41) is 3.53. The summed E-state index contributed by atoms with van der Waals surface area (Å²) in [7, 11) is 0. The molecule has 6 heteroatoms. The number of benzene rings is 2. The SMILES string of the molecule is O=C(CSCc1cc(Cl)c2c(c1)OCCO2)NCCCc1ccccc1. The van der Waals surface area contributed by atoms with Crippen LogP contribution in [-0.4, -0.2) is 31.4 Å². The van der Waals surface area contributed by atoms with E-state index in [1.54, 1.807) is 11.8 Å². The molecule has 1 aliphatic rings. The minimum atomic E-state index is 0.0618. The molecular formula is C20H22ClNO3S. The number of nitrogens with one attached hydrogen (secondary N) is 1. The van der Waals surface area contributed by atoms with Crippen LogP contribution >= 0.6 is 23.4 Å². The van der Waals surface area contributed by atoms with Crippen LogP contribution in [-0.2, 0) is 17.0 Å². The van der Waals surface area contributed by atoms with Crippen molar-refractivity contribution in [3.8, 4) is 11.5 Å². The van der Waals surface area contributed by atoms with Crippen molar-refractivity contribution in [1.82, 2.24) is 5.32 Å². The Morgan fingerprint density at radius 3 is 2.77 bits per heavy atom. The first-order chi connectivity index (χ1) is 12.7. The zero-order valence-electron chi connectivity index (χ0n) is 14.5. The largest absolute Gasteiger partial charge is 0.486 e. The maximum absolute atomic E-state index is 11.9. The molecule has 1 amide bonds. The van der Waals surface area contributed by atoms with E-state index in [2.05, 4.69) is 17.4 Å².